The second-order valence-corrected chi connectivity index (χ2v) is 10.2. The summed E-state index contributed by atoms with van der Waals surface area (Å²) in [7, 11) is 5.60. The average Bonchev–Trinajstić information content (AvgIpc) is 3.55. The van der Waals surface area contributed by atoms with Gasteiger partial charge in [-0.25, -0.2) is 4.68 Å². The monoisotopic (exact) mass is 516 g/mol. The van der Waals surface area contributed by atoms with Gasteiger partial charge in [0.25, 0.3) is 0 Å². The van der Waals surface area contributed by atoms with Gasteiger partial charge in [0.1, 0.15) is 23.1 Å². The number of rotatable bonds is 3. The third-order valence-corrected chi connectivity index (χ3v) is 7.19. The van der Waals surface area contributed by atoms with Crippen LogP contribution in [0.3, 0.4) is 0 Å². The number of nitrogens with zero attached hydrogens (tertiary/aromatic N) is 7. The lowest BCUT2D eigenvalue weighted by atomic mass is 10.0. The molecule has 0 spiro atoms. The first-order valence-corrected chi connectivity index (χ1v) is 12.7. The molecule has 4 bridgehead atoms. The zero-order chi connectivity index (χ0) is 26.7. The Bertz CT molecular complexity index is 1670. The van der Waals surface area contributed by atoms with Gasteiger partial charge in [-0.3, -0.25) is 19.7 Å². The quantitative estimate of drug-likeness (QED) is 0.374. The highest BCUT2D eigenvalue weighted by molar-refractivity contribution is 5.99. The predicted octanol–water partition coefficient (Wildman–Crippen LogP) is 3.46. The highest BCUT2D eigenvalue weighted by Gasteiger charge is 2.25. The molecule has 11 heteroatoms. The zero-order valence-electron chi connectivity index (χ0n) is 22.5. The molecule has 1 aliphatic rings. The summed E-state index contributed by atoms with van der Waals surface area (Å²) in [5, 5.41) is 29.2. The standard InChI is InChI=1S/C27H32N8O3/c1-14(13-36)35-26-19-7-17(8-23(26)37-6)25-18-9-20(28-10-21(18)29-30-25)24-16(3)31-34(5)27(24)38-15(2)11-33(4)12-22(19)32-35/h7-10,14-15,36H,11-13H2,1-6H3,(H,29,30)/t14-,15-/m0/s1. The lowest BCUT2D eigenvalue weighted by molar-refractivity contribution is 0.148. The van der Waals surface area contributed by atoms with Crippen molar-refractivity contribution in [2.24, 2.45) is 7.05 Å². The van der Waals surface area contributed by atoms with Crippen molar-refractivity contribution in [3.05, 3.63) is 35.8 Å². The van der Waals surface area contributed by atoms with E-state index in [1.54, 1.807) is 18.0 Å². The molecule has 0 fully saturated rings. The van der Waals surface area contributed by atoms with E-state index in [-0.39, 0.29) is 18.8 Å². The number of aromatic nitrogens is 7. The first-order valence-electron chi connectivity index (χ1n) is 12.7. The van der Waals surface area contributed by atoms with E-state index in [4.69, 9.17) is 19.6 Å². The van der Waals surface area contributed by atoms with Gasteiger partial charge in [-0.2, -0.15) is 15.3 Å². The molecule has 5 aromatic rings. The van der Waals surface area contributed by atoms with Crippen LogP contribution in [0.15, 0.2) is 24.4 Å². The number of hydrogen-bond donors (Lipinski definition) is 2. The van der Waals surface area contributed by atoms with Crippen LogP contribution in [0.1, 0.15) is 31.3 Å². The van der Waals surface area contributed by atoms with Crippen molar-refractivity contribution in [3.8, 4) is 34.1 Å². The molecule has 0 saturated carbocycles. The number of H-pyrrole nitrogens is 1. The maximum atomic E-state index is 9.96. The molecule has 6 rings (SSSR count). The van der Waals surface area contributed by atoms with Crippen LogP contribution in [0, 0.1) is 6.92 Å². The Morgan fingerprint density at radius 1 is 1.21 bits per heavy atom. The van der Waals surface area contributed by atoms with Crippen molar-refractivity contribution >= 4 is 21.8 Å². The van der Waals surface area contributed by atoms with E-state index < -0.39 is 0 Å². The fourth-order valence-electron chi connectivity index (χ4n) is 5.43. The fourth-order valence-corrected chi connectivity index (χ4v) is 5.43. The van der Waals surface area contributed by atoms with E-state index in [0.717, 1.165) is 55.7 Å². The maximum absolute atomic E-state index is 9.96. The van der Waals surface area contributed by atoms with Gasteiger partial charge in [0.05, 0.1) is 54.1 Å². The number of benzene rings is 1. The summed E-state index contributed by atoms with van der Waals surface area (Å²) in [4.78, 5) is 6.92. The minimum atomic E-state index is -0.212. The average molecular weight is 517 g/mol. The van der Waals surface area contributed by atoms with E-state index >= 15 is 0 Å². The number of aliphatic hydroxyl groups is 1. The van der Waals surface area contributed by atoms with E-state index in [1.165, 1.54) is 0 Å². The van der Waals surface area contributed by atoms with Gasteiger partial charge in [0, 0.05) is 36.5 Å². The van der Waals surface area contributed by atoms with Crippen LogP contribution < -0.4 is 9.47 Å². The molecule has 0 saturated heterocycles. The Kier molecular flexibility index (Phi) is 5.84. The number of pyridine rings is 1. The Hall–Kier alpha value is -3.96. The van der Waals surface area contributed by atoms with Gasteiger partial charge in [0.15, 0.2) is 0 Å². The Morgan fingerprint density at radius 3 is 2.79 bits per heavy atom. The summed E-state index contributed by atoms with van der Waals surface area (Å²) in [6.45, 7) is 7.19. The third kappa shape index (κ3) is 3.81. The van der Waals surface area contributed by atoms with Crippen LogP contribution in [-0.2, 0) is 13.6 Å². The molecule has 38 heavy (non-hydrogen) atoms. The molecule has 2 N–H and O–H groups in total. The summed E-state index contributed by atoms with van der Waals surface area (Å²) in [5.74, 6) is 1.36. The van der Waals surface area contributed by atoms with Crippen molar-refractivity contribution in [2.75, 3.05) is 27.3 Å². The normalized spacial score (nSPS) is 17.0. The molecular formula is C27H32N8O3. The van der Waals surface area contributed by atoms with Crippen molar-refractivity contribution in [1.82, 2.24) is 39.6 Å². The number of likely N-dealkylation sites (N-methyl/N-ethyl adjacent to an activating group) is 1. The van der Waals surface area contributed by atoms with Gasteiger partial charge in [0.2, 0.25) is 5.88 Å². The highest BCUT2D eigenvalue weighted by Crippen LogP contribution is 2.39. The largest absolute Gasteiger partial charge is 0.494 e. The molecule has 0 radical (unpaired) electrons. The molecule has 4 aromatic heterocycles. The Balaban J connectivity index is 1.66. The lowest BCUT2D eigenvalue weighted by Gasteiger charge is -2.22. The van der Waals surface area contributed by atoms with Gasteiger partial charge in [-0.15, -0.1) is 0 Å². The van der Waals surface area contributed by atoms with E-state index in [1.807, 2.05) is 37.7 Å². The number of ether oxygens (including phenoxy) is 2. The van der Waals surface area contributed by atoms with Gasteiger partial charge in [-0.05, 0) is 46.0 Å². The molecule has 1 aliphatic heterocycles. The number of hydrogen-bond acceptors (Lipinski definition) is 8. The van der Waals surface area contributed by atoms with E-state index in [9.17, 15) is 5.11 Å². The van der Waals surface area contributed by atoms with Crippen molar-refractivity contribution in [1.29, 1.82) is 0 Å². The molecule has 1 aromatic carbocycles. The zero-order valence-corrected chi connectivity index (χ0v) is 22.5. The number of aliphatic hydroxyl groups excluding tert-OH is 1. The second kappa shape index (κ2) is 9.10. The Morgan fingerprint density at radius 2 is 2.03 bits per heavy atom. The second-order valence-electron chi connectivity index (χ2n) is 10.2. The Labute approximate surface area is 220 Å². The molecule has 198 valence electrons. The summed E-state index contributed by atoms with van der Waals surface area (Å²) in [6, 6.07) is 5.93. The van der Waals surface area contributed by atoms with Crippen LogP contribution in [0.4, 0.5) is 0 Å². The van der Waals surface area contributed by atoms with Crippen LogP contribution in [0.2, 0.25) is 0 Å². The molecule has 2 atom stereocenters. The summed E-state index contributed by atoms with van der Waals surface area (Å²) in [5.41, 5.74) is 6.76. The maximum Gasteiger partial charge on any atom is 0.221 e. The summed E-state index contributed by atoms with van der Waals surface area (Å²) >= 11 is 0. The first-order chi connectivity index (χ1) is 18.3. The third-order valence-electron chi connectivity index (χ3n) is 7.19. The van der Waals surface area contributed by atoms with Crippen molar-refractivity contribution < 1.29 is 14.6 Å². The van der Waals surface area contributed by atoms with Crippen LogP contribution in [0.25, 0.3) is 44.3 Å². The molecule has 5 heterocycles. The minimum Gasteiger partial charge on any atom is -0.494 e. The highest BCUT2D eigenvalue weighted by atomic mass is 16.5. The number of methoxy groups -OCH3 is 1. The van der Waals surface area contributed by atoms with Crippen LogP contribution in [0.5, 0.6) is 11.6 Å². The van der Waals surface area contributed by atoms with Crippen molar-refractivity contribution in [3.63, 3.8) is 0 Å². The summed E-state index contributed by atoms with van der Waals surface area (Å²) < 4.78 is 16.0. The number of nitrogens with one attached hydrogen (secondary N) is 1. The summed E-state index contributed by atoms with van der Waals surface area (Å²) in [6.07, 6.45) is 1.68. The molecule has 0 amide bonds. The number of aromatic amines is 1. The fraction of sp³-hybridized carbons (Fsp3) is 0.407. The minimum absolute atomic E-state index is 0.0337. The predicted molar refractivity (Wildman–Crippen MR) is 144 cm³/mol. The first kappa shape index (κ1) is 24.4. The van der Waals surface area contributed by atoms with Crippen molar-refractivity contribution in [2.45, 2.75) is 39.5 Å². The van der Waals surface area contributed by atoms with Gasteiger partial charge >= 0.3 is 0 Å². The van der Waals surface area contributed by atoms with Crippen LogP contribution >= 0.6 is 0 Å². The van der Waals surface area contributed by atoms with E-state index in [2.05, 4.69) is 40.2 Å². The van der Waals surface area contributed by atoms with E-state index in [0.29, 0.717) is 24.7 Å². The number of aryl methyl sites for hydroxylation is 2. The molecule has 11 nitrogen and oxygen atoms in total. The lowest BCUT2D eigenvalue weighted by Crippen LogP contribution is -2.31. The van der Waals surface area contributed by atoms with Gasteiger partial charge in [-0.1, -0.05) is 0 Å². The molecule has 0 aliphatic carbocycles. The smallest absolute Gasteiger partial charge is 0.221 e. The van der Waals surface area contributed by atoms with Crippen LogP contribution in [-0.4, -0.2) is 78.2 Å². The topological polar surface area (TPSA) is 119 Å². The van der Waals surface area contributed by atoms with Gasteiger partial charge < -0.3 is 14.6 Å². The molecular weight excluding hydrogens is 484 g/mol. The SMILES string of the molecule is COc1cc2cc3c(nn([C@@H](C)CO)c13)CN(C)C[C@H](C)Oc1c(c(C)nn1C)-c1cc3c-2n[nH]c3cn1. The number of fused-ring (bicyclic) bond motifs is 5. The molecule has 0 unspecified atom stereocenters.